The fourth-order valence-electron chi connectivity index (χ4n) is 3.01. The van der Waals surface area contributed by atoms with Crippen molar-refractivity contribution >= 4 is 11.7 Å². The van der Waals surface area contributed by atoms with Crippen molar-refractivity contribution in [3.63, 3.8) is 0 Å². The van der Waals surface area contributed by atoms with E-state index >= 15 is 0 Å². The molecule has 138 valence electrons. The zero-order chi connectivity index (χ0) is 18.5. The SMILES string of the molecule is Cc1nc(Oc2ccccc2)cc(N2CCN(C(=O)CC(C)C)CC2)n1. The first-order valence-electron chi connectivity index (χ1n) is 9.12. The van der Waals surface area contributed by atoms with Gasteiger partial charge < -0.3 is 14.5 Å². The van der Waals surface area contributed by atoms with Gasteiger partial charge in [-0.2, -0.15) is 4.98 Å². The Morgan fingerprint density at radius 2 is 1.81 bits per heavy atom. The Bertz CT molecular complexity index is 741. The number of nitrogens with zero attached hydrogens (tertiary/aromatic N) is 4. The van der Waals surface area contributed by atoms with Gasteiger partial charge in [-0.15, -0.1) is 0 Å². The largest absolute Gasteiger partial charge is 0.439 e. The molecule has 0 radical (unpaired) electrons. The minimum atomic E-state index is 0.242. The number of para-hydroxylation sites is 1. The molecule has 1 aliphatic heterocycles. The molecule has 1 saturated heterocycles. The van der Waals surface area contributed by atoms with Crippen LogP contribution >= 0.6 is 0 Å². The van der Waals surface area contributed by atoms with Crippen molar-refractivity contribution in [2.45, 2.75) is 27.2 Å². The number of anilines is 1. The van der Waals surface area contributed by atoms with Crippen molar-refractivity contribution in [1.82, 2.24) is 14.9 Å². The van der Waals surface area contributed by atoms with Gasteiger partial charge in [0.25, 0.3) is 0 Å². The van der Waals surface area contributed by atoms with Crippen LogP contribution in [-0.4, -0.2) is 47.0 Å². The van der Waals surface area contributed by atoms with Gasteiger partial charge in [0.1, 0.15) is 17.4 Å². The van der Waals surface area contributed by atoms with Crippen LogP contribution in [0.15, 0.2) is 36.4 Å². The molecular weight excluding hydrogens is 328 g/mol. The Labute approximate surface area is 154 Å². The number of benzene rings is 1. The molecule has 0 N–H and O–H groups in total. The van der Waals surface area contributed by atoms with Crippen molar-refractivity contribution in [2.24, 2.45) is 5.92 Å². The predicted molar refractivity (Wildman–Crippen MR) is 102 cm³/mol. The van der Waals surface area contributed by atoms with E-state index in [2.05, 4.69) is 28.7 Å². The standard InChI is InChI=1S/C20H26N4O2/c1-15(2)13-20(25)24-11-9-23(10-12-24)18-14-19(22-16(3)21-18)26-17-7-5-4-6-8-17/h4-8,14-15H,9-13H2,1-3H3. The van der Waals surface area contributed by atoms with Crippen LogP contribution in [0.3, 0.4) is 0 Å². The molecule has 3 rings (SSSR count). The van der Waals surface area contributed by atoms with E-state index < -0.39 is 0 Å². The highest BCUT2D eigenvalue weighted by Gasteiger charge is 2.23. The molecule has 0 unspecified atom stereocenters. The predicted octanol–water partition coefficient (Wildman–Crippen LogP) is 3.27. The molecule has 1 amide bonds. The molecule has 0 atom stereocenters. The van der Waals surface area contributed by atoms with Crippen molar-refractivity contribution < 1.29 is 9.53 Å². The summed E-state index contributed by atoms with van der Waals surface area (Å²) >= 11 is 0. The number of carbonyl (C=O) groups is 1. The molecule has 2 aromatic rings. The summed E-state index contributed by atoms with van der Waals surface area (Å²) in [4.78, 5) is 25.3. The lowest BCUT2D eigenvalue weighted by molar-refractivity contribution is -0.132. The van der Waals surface area contributed by atoms with Crippen LogP contribution < -0.4 is 9.64 Å². The maximum absolute atomic E-state index is 12.2. The molecule has 1 fully saturated rings. The zero-order valence-electron chi connectivity index (χ0n) is 15.7. The van der Waals surface area contributed by atoms with E-state index in [-0.39, 0.29) is 5.91 Å². The summed E-state index contributed by atoms with van der Waals surface area (Å²) in [5, 5.41) is 0. The Kier molecular flexibility index (Phi) is 5.71. The normalized spacial score (nSPS) is 14.6. The molecule has 0 aliphatic carbocycles. The molecule has 2 heterocycles. The van der Waals surface area contributed by atoms with Crippen molar-refractivity contribution in [3.05, 3.63) is 42.2 Å². The quantitative estimate of drug-likeness (QED) is 0.825. The lowest BCUT2D eigenvalue weighted by Crippen LogP contribution is -2.49. The average molecular weight is 354 g/mol. The second-order valence-corrected chi connectivity index (χ2v) is 6.99. The number of piperazine rings is 1. The number of carbonyl (C=O) groups excluding carboxylic acids is 1. The van der Waals surface area contributed by atoms with E-state index in [0.29, 0.717) is 24.0 Å². The summed E-state index contributed by atoms with van der Waals surface area (Å²) in [6.45, 7) is 9.00. The summed E-state index contributed by atoms with van der Waals surface area (Å²) in [5.74, 6) is 3.44. The number of hydrogen-bond acceptors (Lipinski definition) is 5. The minimum Gasteiger partial charge on any atom is -0.439 e. The fourth-order valence-corrected chi connectivity index (χ4v) is 3.01. The summed E-state index contributed by atoms with van der Waals surface area (Å²) in [6.07, 6.45) is 0.613. The van der Waals surface area contributed by atoms with E-state index in [9.17, 15) is 4.79 Å². The third-order valence-corrected chi connectivity index (χ3v) is 4.31. The van der Waals surface area contributed by atoms with Gasteiger partial charge in [-0.3, -0.25) is 4.79 Å². The Morgan fingerprint density at radius 1 is 1.12 bits per heavy atom. The first-order chi connectivity index (χ1) is 12.5. The lowest BCUT2D eigenvalue weighted by atomic mass is 10.1. The van der Waals surface area contributed by atoms with Gasteiger partial charge in [-0.1, -0.05) is 32.0 Å². The summed E-state index contributed by atoms with van der Waals surface area (Å²) in [7, 11) is 0. The molecule has 0 bridgehead atoms. The third kappa shape index (κ3) is 4.71. The van der Waals surface area contributed by atoms with Gasteiger partial charge in [-0.25, -0.2) is 4.98 Å². The van der Waals surface area contributed by atoms with Crippen molar-refractivity contribution in [1.29, 1.82) is 0 Å². The maximum atomic E-state index is 12.2. The second-order valence-electron chi connectivity index (χ2n) is 6.99. The van der Waals surface area contributed by atoms with Gasteiger partial charge in [0.15, 0.2) is 0 Å². The lowest BCUT2D eigenvalue weighted by Gasteiger charge is -2.35. The highest BCUT2D eigenvalue weighted by molar-refractivity contribution is 5.76. The molecule has 0 saturated carbocycles. The summed E-state index contributed by atoms with van der Waals surface area (Å²) < 4.78 is 5.85. The molecule has 0 spiro atoms. The van der Waals surface area contributed by atoms with Crippen LogP contribution in [0, 0.1) is 12.8 Å². The molecule has 6 nitrogen and oxygen atoms in total. The van der Waals surface area contributed by atoms with E-state index in [0.717, 1.165) is 37.7 Å². The van der Waals surface area contributed by atoms with Crippen LogP contribution in [0.1, 0.15) is 26.1 Å². The van der Waals surface area contributed by atoms with Crippen LogP contribution in [0.2, 0.25) is 0 Å². The van der Waals surface area contributed by atoms with Crippen LogP contribution in [0.4, 0.5) is 5.82 Å². The van der Waals surface area contributed by atoms with Gasteiger partial charge in [0.05, 0.1) is 0 Å². The number of aryl methyl sites for hydroxylation is 1. The second kappa shape index (κ2) is 8.17. The number of rotatable bonds is 5. The van der Waals surface area contributed by atoms with E-state index in [1.165, 1.54) is 0 Å². The number of hydrogen-bond donors (Lipinski definition) is 0. The first kappa shape index (κ1) is 18.2. The van der Waals surface area contributed by atoms with Gasteiger partial charge in [-0.05, 0) is 25.0 Å². The Hall–Kier alpha value is -2.63. The first-order valence-corrected chi connectivity index (χ1v) is 9.12. The summed E-state index contributed by atoms with van der Waals surface area (Å²) in [6, 6.07) is 11.5. The minimum absolute atomic E-state index is 0.242. The topological polar surface area (TPSA) is 58.6 Å². The molecule has 6 heteroatoms. The zero-order valence-corrected chi connectivity index (χ0v) is 15.7. The highest BCUT2D eigenvalue weighted by Crippen LogP contribution is 2.24. The smallest absolute Gasteiger partial charge is 0.224 e. The molecule has 1 aromatic heterocycles. The fraction of sp³-hybridized carbons (Fsp3) is 0.450. The molecule has 26 heavy (non-hydrogen) atoms. The van der Waals surface area contributed by atoms with Crippen LogP contribution in [-0.2, 0) is 4.79 Å². The molecular formula is C20H26N4O2. The van der Waals surface area contributed by atoms with Gasteiger partial charge >= 0.3 is 0 Å². The molecule has 1 aliphatic rings. The average Bonchev–Trinajstić information content (AvgIpc) is 2.61. The third-order valence-electron chi connectivity index (χ3n) is 4.31. The summed E-state index contributed by atoms with van der Waals surface area (Å²) in [5.41, 5.74) is 0. The van der Waals surface area contributed by atoms with E-state index in [4.69, 9.17) is 4.74 Å². The van der Waals surface area contributed by atoms with Crippen molar-refractivity contribution in [3.8, 4) is 11.6 Å². The van der Waals surface area contributed by atoms with Crippen molar-refractivity contribution in [2.75, 3.05) is 31.1 Å². The van der Waals surface area contributed by atoms with Crippen LogP contribution in [0.5, 0.6) is 11.6 Å². The Balaban J connectivity index is 1.66. The van der Waals surface area contributed by atoms with E-state index in [1.807, 2.05) is 48.2 Å². The number of amides is 1. The maximum Gasteiger partial charge on any atom is 0.224 e. The monoisotopic (exact) mass is 354 g/mol. The highest BCUT2D eigenvalue weighted by atomic mass is 16.5. The Morgan fingerprint density at radius 3 is 2.46 bits per heavy atom. The van der Waals surface area contributed by atoms with E-state index in [1.54, 1.807) is 0 Å². The number of ether oxygens (including phenoxy) is 1. The van der Waals surface area contributed by atoms with Crippen LogP contribution in [0.25, 0.3) is 0 Å². The molecule has 1 aromatic carbocycles. The van der Waals surface area contributed by atoms with Gasteiger partial charge in [0, 0.05) is 38.7 Å². The van der Waals surface area contributed by atoms with Gasteiger partial charge in [0.2, 0.25) is 11.8 Å². The number of aromatic nitrogens is 2.